The van der Waals surface area contributed by atoms with Crippen LogP contribution in [0.15, 0.2) is 34.9 Å². The molecule has 2 aromatic rings. The molecule has 3 rings (SSSR count). The molecule has 1 aromatic carbocycles. The fraction of sp³-hybridized carbons (Fsp3) is 0.429. The van der Waals surface area contributed by atoms with E-state index < -0.39 is 0 Å². The van der Waals surface area contributed by atoms with Gasteiger partial charge in [-0.2, -0.15) is 5.26 Å². The third-order valence-electron chi connectivity index (χ3n) is 6.74. The van der Waals surface area contributed by atoms with E-state index >= 15 is 0 Å². The SMILES string of the molecule is CC1(C)c2ccc(-c3ncc(Br)cc3C#N)cc2C(C)(C)C1(C)C. The summed E-state index contributed by atoms with van der Waals surface area (Å²) in [6.45, 7) is 14.0. The summed E-state index contributed by atoms with van der Waals surface area (Å²) in [6, 6.07) is 10.7. The third kappa shape index (κ3) is 2.09. The molecule has 1 heterocycles. The first-order valence-corrected chi connectivity index (χ1v) is 9.04. The van der Waals surface area contributed by atoms with Gasteiger partial charge in [-0.05, 0) is 55.4 Å². The lowest BCUT2D eigenvalue weighted by Crippen LogP contribution is -2.42. The number of hydrogen-bond donors (Lipinski definition) is 0. The lowest BCUT2D eigenvalue weighted by Gasteiger charge is -2.44. The highest BCUT2D eigenvalue weighted by molar-refractivity contribution is 9.10. The van der Waals surface area contributed by atoms with Crippen LogP contribution in [-0.4, -0.2) is 4.98 Å². The Labute approximate surface area is 153 Å². The second-order valence-corrected chi connectivity index (χ2v) is 9.21. The molecule has 0 radical (unpaired) electrons. The van der Waals surface area contributed by atoms with Crippen LogP contribution in [0.2, 0.25) is 0 Å². The zero-order valence-corrected chi connectivity index (χ0v) is 16.7. The predicted octanol–water partition coefficient (Wildman–Crippen LogP) is 5.98. The van der Waals surface area contributed by atoms with E-state index in [1.807, 2.05) is 6.07 Å². The summed E-state index contributed by atoms with van der Waals surface area (Å²) in [5.74, 6) is 0. The van der Waals surface area contributed by atoms with Crippen LogP contribution in [0.4, 0.5) is 0 Å². The molecule has 1 aliphatic carbocycles. The molecule has 0 N–H and O–H groups in total. The standard InChI is InChI=1S/C21H23BrN2/c1-19(2)16-8-7-13(10-17(16)20(3,4)21(19,5)6)18-14(11-23)9-15(22)12-24-18/h7-10,12H,1-6H3. The Bertz CT molecular complexity index is 870. The molecule has 0 unspecified atom stereocenters. The monoisotopic (exact) mass is 382 g/mol. The van der Waals surface area contributed by atoms with Crippen LogP contribution >= 0.6 is 15.9 Å². The Morgan fingerprint density at radius 2 is 1.58 bits per heavy atom. The largest absolute Gasteiger partial charge is 0.254 e. The normalized spacial score (nSPS) is 19.6. The number of benzene rings is 1. The number of aromatic nitrogens is 1. The van der Waals surface area contributed by atoms with E-state index in [9.17, 15) is 5.26 Å². The van der Waals surface area contributed by atoms with Gasteiger partial charge in [0.05, 0.1) is 11.3 Å². The zero-order valence-electron chi connectivity index (χ0n) is 15.2. The lowest BCUT2D eigenvalue weighted by molar-refractivity contribution is 0.125. The minimum absolute atomic E-state index is 0.0456. The fourth-order valence-corrected chi connectivity index (χ4v) is 4.29. The van der Waals surface area contributed by atoms with Gasteiger partial charge in [0, 0.05) is 16.2 Å². The van der Waals surface area contributed by atoms with Gasteiger partial charge in [0.25, 0.3) is 0 Å². The minimum atomic E-state index is 0.0456. The highest BCUT2D eigenvalue weighted by Crippen LogP contribution is 2.61. The summed E-state index contributed by atoms with van der Waals surface area (Å²) < 4.78 is 0.826. The molecule has 1 aliphatic rings. The van der Waals surface area contributed by atoms with E-state index in [-0.39, 0.29) is 16.2 Å². The van der Waals surface area contributed by atoms with Gasteiger partial charge >= 0.3 is 0 Å². The van der Waals surface area contributed by atoms with Crippen molar-refractivity contribution in [2.75, 3.05) is 0 Å². The maximum absolute atomic E-state index is 9.46. The summed E-state index contributed by atoms with van der Waals surface area (Å²) in [4.78, 5) is 4.50. The number of nitrogens with zero attached hydrogens (tertiary/aromatic N) is 2. The van der Waals surface area contributed by atoms with Crippen LogP contribution in [0.3, 0.4) is 0 Å². The third-order valence-corrected chi connectivity index (χ3v) is 7.17. The van der Waals surface area contributed by atoms with Crippen molar-refractivity contribution in [3.63, 3.8) is 0 Å². The number of pyridine rings is 1. The van der Waals surface area contributed by atoms with E-state index in [1.54, 1.807) is 6.20 Å². The Kier molecular flexibility index (Phi) is 3.70. The van der Waals surface area contributed by atoms with Crippen molar-refractivity contribution in [2.24, 2.45) is 5.41 Å². The Hall–Kier alpha value is -1.66. The van der Waals surface area contributed by atoms with E-state index in [0.29, 0.717) is 5.56 Å². The molecule has 0 spiro atoms. The molecule has 0 fully saturated rings. The zero-order chi connectivity index (χ0) is 17.9. The van der Waals surface area contributed by atoms with Crippen molar-refractivity contribution in [3.05, 3.63) is 51.6 Å². The van der Waals surface area contributed by atoms with Crippen molar-refractivity contribution >= 4 is 15.9 Å². The smallest absolute Gasteiger partial charge is 0.101 e. The second kappa shape index (κ2) is 5.17. The van der Waals surface area contributed by atoms with Crippen LogP contribution < -0.4 is 0 Å². The van der Waals surface area contributed by atoms with Crippen molar-refractivity contribution in [1.29, 1.82) is 5.26 Å². The number of rotatable bonds is 1. The molecule has 0 saturated carbocycles. The Morgan fingerprint density at radius 3 is 2.21 bits per heavy atom. The first-order chi connectivity index (χ1) is 11.0. The summed E-state index contributed by atoms with van der Waals surface area (Å²) in [5.41, 5.74) is 5.39. The highest BCUT2D eigenvalue weighted by Gasteiger charge is 2.56. The first kappa shape index (κ1) is 17.2. The molecule has 0 amide bonds. The first-order valence-electron chi connectivity index (χ1n) is 8.25. The molecule has 1 aromatic heterocycles. The van der Waals surface area contributed by atoms with Crippen LogP contribution in [0.25, 0.3) is 11.3 Å². The number of halogens is 1. The van der Waals surface area contributed by atoms with Crippen molar-refractivity contribution in [1.82, 2.24) is 4.98 Å². The number of nitriles is 1. The van der Waals surface area contributed by atoms with Crippen LogP contribution in [0.1, 0.15) is 58.2 Å². The quantitative estimate of drug-likeness (QED) is 0.608. The van der Waals surface area contributed by atoms with E-state index in [1.165, 1.54) is 11.1 Å². The van der Waals surface area contributed by atoms with Gasteiger partial charge in [0.2, 0.25) is 0 Å². The summed E-state index contributed by atoms with van der Waals surface area (Å²) >= 11 is 3.39. The average molecular weight is 383 g/mol. The molecular weight excluding hydrogens is 360 g/mol. The van der Waals surface area contributed by atoms with E-state index in [4.69, 9.17) is 0 Å². The molecular formula is C21H23BrN2. The Balaban J connectivity index is 2.25. The minimum Gasteiger partial charge on any atom is -0.254 e. The average Bonchev–Trinajstić information content (AvgIpc) is 2.63. The molecule has 124 valence electrons. The van der Waals surface area contributed by atoms with Crippen LogP contribution in [0.5, 0.6) is 0 Å². The van der Waals surface area contributed by atoms with Gasteiger partial charge in [-0.15, -0.1) is 0 Å². The second-order valence-electron chi connectivity index (χ2n) is 8.30. The molecule has 0 aliphatic heterocycles. The molecule has 0 bridgehead atoms. The number of fused-ring (bicyclic) bond motifs is 1. The molecule has 0 atom stereocenters. The highest BCUT2D eigenvalue weighted by atomic mass is 79.9. The molecule has 3 heteroatoms. The topological polar surface area (TPSA) is 36.7 Å². The number of hydrogen-bond acceptors (Lipinski definition) is 2. The van der Waals surface area contributed by atoms with Gasteiger partial charge in [-0.3, -0.25) is 4.98 Å². The Morgan fingerprint density at radius 1 is 0.958 bits per heavy atom. The van der Waals surface area contributed by atoms with Crippen molar-refractivity contribution < 1.29 is 0 Å². The fourth-order valence-electron chi connectivity index (χ4n) is 3.96. The van der Waals surface area contributed by atoms with E-state index in [0.717, 1.165) is 15.7 Å². The van der Waals surface area contributed by atoms with Crippen molar-refractivity contribution in [3.8, 4) is 17.3 Å². The summed E-state index contributed by atoms with van der Waals surface area (Å²) in [6.07, 6.45) is 1.75. The van der Waals surface area contributed by atoms with Gasteiger partial charge in [0.1, 0.15) is 6.07 Å². The molecule has 2 nitrogen and oxygen atoms in total. The maximum atomic E-state index is 9.46. The molecule has 0 saturated heterocycles. The van der Waals surface area contributed by atoms with Gasteiger partial charge in [0.15, 0.2) is 0 Å². The maximum Gasteiger partial charge on any atom is 0.101 e. The summed E-state index contributed by atoms with van der Waals surface area (Å²) in [5, 5.41) is 9.46. The van der Waals surface area contributed by atoms with Crippen molar-refractivity contribution in [2.45, 2.75) is 52.4 Å². The predicted molar refractivity (Wildman–Crippen MR) is 102 cm³/mol. The van der Waals surface area contributed by atoms with Gasteiger partial charge in [-0.1, -0.05) is 53.7 Å². The van der Waals surface area contributed by atoms with Crippen LogP contribution in [-0.2, 0) is 10.8 Å². The van der Waals surface area contributed by atoms with E-state index in [2.05, 4.69) is 86.7 Å². The lowest BCUT2D eigenvalue weighted by atomic mass is 9.59. The van der Waals surface area contributed by atoms with Crippen LogP contribution in [0, 0.1) is 16.7 Å². The van der Waals surface area contributed by atoms with Gasteiger partial charge in [-0.25, -0.2) is 0 Å². The summed E-state index contributed by atoms with van der Waals surface area (Å²) in [7, 11) is 0. The van der Waals surface area contributed by atoms with Gasteiger partial charge < -0.3 is 0 Å². The molecule has 24 heavy (non-hydrogen) atoms.